The van der Waals surface area contributed by atoms with E-state index in [0.717, 1.165) is 23.5 Å². The Bertz CT molecular complexity index is 900. The number of nitrogens with one attached hydrogen (secondary N) is 1. The van der Waals surface area contributed by atoms with Gasteiger partial charge >= 0.3 is 0 Å². The van der Waals surface area contributed by atoms with Gasteiger partial charge in [-0.1, -0.05) is 43.0 Å². The number of carbonyl (C=O) groups excluding carboxylic acids is 1. The number of thiazole rings is 1. The zero-order valence-electron chi connectivity index (χ0n) is 14.2. The Labute approximate surface area is 161 Å². The van der Waals surface area contributed by atoms with E-state index in [9.17, 15) is 4.79 Å². The Morgan fingerprint density at radius 3 is 2.77 bits per heavy atom. The number of rotatable bonds is 4. The van der Waals surface area contributed by atoms with Gasteiger partial charge < -0.3 is 5.32 Å². The summed E-state index contributed by atoms with van der Waals surface area (Å²) in [4.78, 5) is 21.7. The van der Waals surface area contributed by atoms with Crippen molar-refractivity contribution >= 4 is 28.8 Å². The molecule has 0 radical (unpaired) electrons. The van der Waals surface area contributed by atoms with Gasteiger partial charge in [-0.3, -0.25) is 9.36 Å². The van der Waals surface area contributed by atoms with Crippen LogP contribution in [-0.4, -0.2) is 26.5 Å². The minimum atomic E-state index is -0.138. The highest BCUT2D eigenvalue weighted by molar-refractivity contribution is 7.12. The lowest BCUT2D eigenvalue weighted by atomic mass is 9.95. The number of aromatic nitrogens is 3. The van der Waals surface area contributed by atoms with Crippen LogP contribution in [0.4, 0.5) is 0 Å². The third-order valence-electron chi connectivity index (χ3n) is 4.62. The predicted octanol–water partition coefficient (Wildman–Crippen LogP) is 4.71. The Balaban J connectivity index is 1.69. The van der Waals surface area contributed by atoms with E-state index in [0.29, 0.717) is 16.5 Å². The largest absolute Gasteiger partial charge is 0.348 e. The van der Waals surface area contributed by atoms with Crippen LogP contribution in [0.2, 0.25) is 5.02 Å². The Morgan fingerprint density at radius 2 is 2.04 bits per heavy atom. The molecule has 0 atom stereocenters. The summed E-state index contributed by atoms with van der Waals surface area (Å²) in [5.41, 5.74) is 1.17. The van der Waals surface area contributed by atoms with E-state index in [2.05, 4.69) is 15.3 Å². The SMILES string of the molecule is O=C(NC1CCCCC1)c1cn(-c2nccs2)c(-c2ccccc2Cl)n1. The summed E-state index contributed by atoms with van der Waals surface area (Å²) in [6.45, 7) is 0. The van der Waals surface area contributed by atoms with Gasteiger partial charge in [-0.25, -0.2) is 9.97 Å². The first-order valence-corrected chi connectivity index (χ1v) is 10.0. The molecule has 0 unspecified atom stereocenters. The molecule has 4 rings (SSSR count). The van der Waals surface area contributed by atoms with Crippen LogP contribution in [0.15, 0.2) is 42.0 Å². The summed E-state index contributed by atoms with van der Waals surface area (Å²) in [5.74, 6) is 0.486. The summed E-state index contributed by atoms with van der Waals surface area (Å²) < 4.78 is 1.83. The topological polar surface area (TPSA) is 59.8 Å². The summed E-state index contributed by atoms with van der Waals surface area (Å²) in [5, 5.41) is 6.37. The molecular weight excluding hydrogens is 368 g/mol. The highest BCUT2D eigenvalue weighted by Crippen LogP contribution is 2.30. The van der Waals surface area contributed by atoms with E-state index in [1.807, 2.05) is 34.2 Å². The number of amides is 1. The number of hydrogen-bond acceptors (Lipinski definition) is 4. The number of imidazole rings is 1. The van der Waals surface area contributed by atoms with Crippen molar-refractivity contribution < 1.29 is 4.79 Å². The highest BCUT2D eigenvalue weighted by atomic mass is 35.5. The lowest BCUT2D eigenvalue weighted by Gasteiger charge is -2.22. The fourth-order valence-electron chi connectivity index (χ4n) is 3.31. The van der Waals surface area contributed by atoms with Crippen LogP contribution in [0.3, 0.4) is 0 Å². The van der Waals surface area contributed by atoms with Crippen LogP contribution in [-0.2, 0) is 0 Å². The average Bonchev–Trinajstić information content (AvgIpc) is 3.32. The molecule has 1 aromatic carbocycles. The quantitative estimate of drug-likeness (QED) is 0.706. The molecule has 134 valence electrons. The molecule has 1 fully saturated rings. The number of hydrogen-bond donors (Lipinski definition) is 1. The molecule has 2 aromatic heterocycles. The molecule has 1 aliphatic rings. The van der Waals surface area contributed by atoms with Crippen LogP contribution in [0.25, 0.3) is 16.5 Å². The molecular formula is C19H19ClN4OS. The minimum absolute atomic E-state index is 0.138. The Hall–Kier alpha value is -2.18. The first kappa shape index (κ1) is 17.2. The molecule has 26 heavy (non-hydrogen) atoms. The monoisotopic (exact) mass is 386 g/mol. The molecule has 7 heteroatoms. The molecule has 1 N–H and O–H groups in total. The van der Waals surface area contributed by atoms with Gasteiger partial charge in [-0.05, 0) is 25.0 Å². The van der Waals surface area contributed by atoms with Crippen molar-refractivity contribution in [2.45, 2.75) is 38.1 Å². The minimum Gasteiger partial charge on any atom is -0.348 e. The normalized spacial score (nSPS) is 15.1. The molecule has 0 bridgehead atoms. The number of nitrogens with zero attached hydrogens (tertiary/aromatic N) is 3. The molecule has 1 aliphatic carbocycles. The maximum absolute atomic E-state index is 12.7. The first-order chi connectivity index (χ1) is 12.7. The van der Waals surface area contributed by atoms with Crippen LogP contribution in [0.1, 0.15) is 42.6 Å². The van der Waals surface area contributed by atoms with Gasteiger partial charge in [0, 0.05) is 29.4 Å². The van der Waals surface area contributed by atoms with Crippen molar-refractivity contribution in [2.75, 3.05) is 0 Å². The van der Waals surface area contributed by atoms with Gasteiger partial charge in [0.15, 0.2) is 5.13 Å². The maximum Gasteiger partial charge on any atom is 0.271 e. The summed E-state index contributed by atoms with van der Waals surface area (Å²) in [6.07, 6.45) is 9.15. The van der Waals surface area contributed by atoms with Gasteiger partial charge in [0.2, 0.25) is 0 Å². The summed E-state index contributed by atoms with van der Waals surface area (Å²) in [6, 6.07) is 7.74. The van der Waals surface area contributed by atoms with Gasteiger partial charge in [-0.15, -0.1) is 11.3 Å². The summed E-state index contributed by atoms with van der Waals surface area (Å²) in [7, 11) is 0. The van der Waals surface area contributed by atoms with E-state index in [4.69, 9.17) is 11.6 Å². The van der Waals surface area contributed by atoms with Gasteiger partial charge in [0.1, 0.15) is 11.5 Å². The van der Waals surface area contributed by atoms with Crippen molar-refractivity contribution in [2.24, 2.45) is 0 Å². The standard InChI is InChI=1S/C19H19ClN4OS/c20-15-9-5-4-8-14(15)17-23-16(12-24(17)19-21-10-11-26-19)18(25)22-13-6-2-1-3-7-13/h4-5,8-13H,1-3,6-7H2,(H,22,25). The summed E-state index contributed by atoms with van der Waals surface area (Å²) >= 11 is 7.85. The van der Waals surface area contributed by atoms with Crippen LogP contribution >= 0.6 is 22.9 Å². The lowest BCUT2D eigenvalue weighted by molar-refractivity contribution is 0.0923. The molecule has 3 aromatic rings. The molecule has 1 amide bonds. The fraction of sp³-hybridized carbons (Fsp3) is 0.316. The van der Waals surface area contributed by atoms with E-state index in [-0.39, 0.29) is 11.9 Å². The smallest absolute Gasteiger partial charge is 0.271 e. The van der Waals surface area contributed by atoms with Crippen molar-refractivity contribution in [1.82, 2.24) is 19.9 Å². The second-order valence-electron chi connectivity index (χ2n) is 6.42. The third-order valence-corrected chi connectivity index (χ3v) is 5.72. The molecule has 0 aliphatic heterocycles. The van der Waals surface area contributed by atoms with Crippen LogP contribution < -0.4 is 5.32 Å². The van der Waals surface area contributed by atoms with Gasteiger partial charge in [0.05, 0.1) is 5.02 Å². The van der Waals surface area contributed by atoms with Crippen molar-refractivity contribution in [3.63, 3.8) is 0 Å². The van der Waals surface area contributed by atoms with Crippen molar-refractivity contribution in [3.05, 3.63) is 52.8 Å². The predicted molar refractivity (Wildman–Crippen MR) is 104 cm³/mol. The van der Waals surface area contributed by atoms with E-state index >= 15 is 0 Å². The maximum atomic E-state index is 12.7. The van der Waals surface area contributed by atoms with Crippen LogP contribution in [0.5, 0.6) is 0 Å². The Kier molecular flexibility index (Phi) is 5.04. The zero-order valence-corrected chi connectivity index (χ0v) is 15.8. The Morgan fingerprint density at radius 1 is 1.23 bits per heavy atom. The molecule has 2 heterocycles. The lowest BCUT2D eigenvalue weighted by Crippen LogP contribution is -2.36. The fourth-order valence-corrected chi connectivity index (χ4v) is 4.15. The number of benzene rings is 1. The number of carbonyl (C=O) groups is 1. The first-order valence-electron chi connectivity index (χ1n) is 8.77. The molecule has 0 spiro atoms. The second-order valence-corrected chi connectivity index (χ2v) is 7.70. The molecule has 0 saturated heterocycles. The van der Waals surface area contributed by atoms with Gasteiger partial charge in [-0.2, -0.15) is 0 Å². The third kappa shape index (κ3) is 3.52. The highest BCUT2D eigenvalue weighted by Gasteiger charge is 2.22. The molecule has 1 saturated carbocycles. The van der Waals surface area contributed by atoms with Crippen LogP contribution in [0, 0.1) is 0 Å². The van der Waals surface area contributed by atoms with Crippen molar-refractivity contribution in [3.8, 4) is 16.5 Å². The molecule has 5 nitrogen and oxygen atoms in total. The van der Waals surface area contributed by atoms with Crippen molar-refractivity contribution in [1.29, 1.82) is 0 Å². The van der Waals surface area contributed by atoms with E-state index in [1.165, 1.54) is 30.6 Å². The van der Waals surface area contributed by atoms with E-state index in [1.54, 1.807) is 12.4 Å². The average molecular weight is 387 g/mol. The van der Waals surface area contributed by atoms with Gasteiger partial charge in [0.25, 0.3) is 5.91 Å². The second kappa shape index (κ2) is 7.60. The number of halogens is 1. The van der Waals surface area contributed by atoms with E-state index < -0.39 is 0 Å². The zero-order chi connectivity index (χ0) is 17.9.